The molecule has 1 saturated carbocycles. The van der Waals surface area contributed by atoms with Crippen molar-refractivity contribution in [2.24, 2.45) is 5.92 Å². The first-order valence-corrected chi connectivity index (χ1v) is 9.12. The summed E-state index contributed by atoms with van der Waals surface area (Å²) in [6.45, 7) is 3.21. The number of nitrogens with one attached hydrogen (secondary N) is 1. The highest BCUT2D eigenvalue weighted by Gasteiger charge is 2.16. The van der Waals surface area contributed by atoms with E-state index in [4.69, 9.17) is 23.2 Å². The molecule has 1 nitrogen and oxygen atoms in total. The Morgan fingerprint density at radius 2 is 1.90 bits per heavy atom. The average Bonchev–Trinajstić information content (AvgIpc) is 2.50. The van der Waals surface area contributed by atoms with Gasteiger partial charge in [-0.3, -0.25) is 0 Å². The van der Waals surface area contributed by atoms with Crippen LogP contribution in [0.25, 0.3) is 0 Å². The zero-order chi connectivity index (χ0) is 15.1. The van der Waals surface area contributed by atoms with Crippen molar-refractivity contribution in [1.29, 1.82) is 0 Å². The molecule has 1 N–H and O–H groups in total. The minimum atomic E-state index is 0.550. The fourth-order valence-corrected chi connectivity index (χ4v) is 3.75. The Morgan fingerprint density at radius 3 is 2.57 bits per heavy atom. The number of benzene rings is 1. The summed E-state index contributed by atoms with van der Waals surface area (Å²) in [5.74, 6) is 0.953. The molecule has 1 atom stereocenters. The third kappa shape index (κ3) is 5.81. The molecule has 0 aromatic heterocycles. The van der Waals surface area contributed by atoms with Crippen LogP contribution in [0.15, 0.2) is 18.2 Å². The van der Waals surface area contributed by atoms with E-state index in [2.05, 4.69) is 18.3 Å². The van der Waals surface area contributed by atoms with Gasteiger partial charge >= 0.3 is 0 Å². The maximum absolute atomic E-state index is 6.12. The fraction of sp³-hybridized carbons (Fsp3) is 0.667. The van der Waals surface area contributed by atoms with Gasteiger partial charge in [0.15, 0.2) is 0 Å². The molecule has 1 fully saturated rings. The first-order chi connectivity index (χ1) is 10.2. The van der Waals surface area contributed by atoms with Crippen LogP contribution in [0.2, 0.25) is 10.0 Å². The lowest BCUT2D eigenvalue weighted by molar-refractivity contribution is 0.313. The van der Waals surface area contributed by atoms with E-state index in [9.17, 15) is 0 Å². The van der Waals surface area contributed by atoms with Crippen LogP contribution in [0.5, 0.6) is 0 Å². The monoisotopic (exact) mass is 327 g/mol. The van der Waals surface area contributed by atoms with Crippen molar-refractivity contribution >= 4 is 23.2 Å². The molecular weight excluding hydrogens is 301 g/mol. The van der Waals surface area contributed by atoms with Crippen LogP contribution < -0.4 is 5.32 Å². The lowest BCUT2D eigenvalue weighted by Gasteiger charge is -2.25. The van der Waals surface area contributed by atoms with E-state index >= 15 is 0 Å². The number of hydrogen-bond acceptors (Lipinski definition) is 1. The third-order valence-electron chi connectivity index (χ3n) is 4.61. The molecule has 0 radical (unpaired) electrons. The van der Waals surface area contributed by atoms with Crippen LogP contribution in [0.4, 0.5) is 0 Å². The molecule has 0 aliphatic heterocycles. The molecule has 0 heterocycles. The van der Waals surface area contributed by atoms with E-state index in [0.717, 1.165) is 18.9 Å². The smallest absolute Gasteiger partial charge is 0.0595 e. The second-order valence-electron chi connectivity index (χ2n) is 6.29. The van der Waals surface area contributed by atoms with Gasteiger partial charge in [-0.1, -0.05) is 68.3 Å². The topological polar surface area (TPSA) is 12.0 Å². The van der Waals surface area contributed by atoms with E-state index in [1.807, 2.05) is 12.1 Å². The van der Waals surface area contributed by atoms with E-state index in [0.29, 0.717) is 16.1 Å². The predicted octanol–water partition coefficient (Wildman–Crippen LogP) is 5.87. The molecule has 0 bridgehead atoms. The lowest BCUT2D eigenvalue weighted by atomic mass is 9.84. The molecule has 118 valence electrons. The van der Waals surface area contributed by atoms with Crippen molar-refractivity contribution in [3.63, 3.8) is 0 Å². The molecule has 2 rings (SSSR count). The highest BCUT2D eigenvalue weighted by Crippen LogP contribution is 2.28. The zero-order valence-corrected chi connectivity index (χ0v) is 14.5. The first kappa shape index (κ1) is 17.1. The maximum atomic E-state index is 6.12. The van der Waals surface area contributed by atoms with E-state index in [1.165, 1.54) is 50.5 Å². The highest BCUT2D eigenvalue weighted by molar-refractivity contribution is 6.42. The molecular formula is C18H27Cl2N. The predicted molar refractivity (Wildman–Crippen MR) is 93.4 cm³/mol. The third-order valence-corrected chi connectivity index (χ3v) is 5.35. The van der Waals surface area contributed by atoms with Gasteiger partial charge in [0.05, 0.1) is 10.0 Å². The van der Waals surface area contributed by atoms with Crippen molar-refractivity contribution in [3.05, 3.63) is 33.8 Å². The fourth-order valence-electron chi connectivity index (χ4n) is 3.43. The highest BCUT2D eigenvalue weighted by atomic mass is 35.5. The number of rotatable bonds is 7. The van der Waals surface area contributed by atoms with Gasteiger partial charge in [-0.15, -0.1) is 0 Å². The second kappa shape index (κ2) is 9.02. The van der Waals surface area contributed by atoms with E-state index in [1.54, 1.807) is 0 Å². The van der Waals surface area contributed by atoms with Crippen molar-refractivity contribution in [2.75, 3.05) is 6.54 Å². The van der Waals surface area contributed by atoms with Crippen LogP contribution >= 0.6 is 23.2 Å². The van der Waals surface area contributed by atoms with Gasteiger partial charge < -0.3 is 5.32 Å². The number of hydrogen-bond donors (Lipinski definition) is 1. The van der Waals surface area contributed by atoms with Gasteiger partial charge in [-0.05, 0) is 49.4 Å². The first-order valence-electron chi connectivity index (χ1n) is 8.36. The second-order valence-corrected chi connectivity index (χ2v) is 7.10. The molecule has 1 aliphatic carbocycles. The summed E-state index contributed by atoms with van der Waals surface area (Å²) in [7, 11) is 0. The largest absolute Gasteiger partial charge is 0.314 e. The Labute approximate surface area is 139 Å². The van der Waals surface area contributed by atoms with E-state index < -0.39 is 0 Å². The van der Waals surface area contributed by atoms with Crippen LogP contribution in [-0.4, -0.2) is 12.6 Å². The van der Waals surface area contributed by atoms with Crippen LogP contribution in [0.1, 0.15) is 57.4 Å². The Morgan fingerprint density at radius 1 is 1.14 bits per heavy atom. The lowest BCUT2D eigenvalue weighted by Crippen LogP contribution is -2.31. The van der Waals surface area contributed by atoms with Gasteiger partial charge in [-0.25, -0.2) is 0 Å². The summed E-state index contributed by atoms with van der Waals surface area (Å²) in [4.78, 5) is 0. The molecule has 1 aliphatic rings. The standard InChI is InChI=1S/C18H27Cl2N/c1-2-21-16(10-8-14-6-4-3-5-7-14)12-15-9-11-17(19)18(20)13-15/h9,11,13-14,16,21H,2-8,10,12H2,1H3. The molecule has 3 heteroatoms. The molecule has 1 aromatic rings. The number of likely N-dealkylation sites (N-methyl/N-ethyl adjacent to an activating group) is 1. The molecule has 21 heavy (non-hydrogen) atoms. The van der Waals surface area contributed by atoms with Crippen LogP contribution in [0, 0.1) is 5.92 Å². The van der Waals surface area contributed by atoms with E-state index in [-0.39, 0.29) is 0 Å². The van der Waals surface area contributed by atoms with Gasteiger partial charge in [0.1, 0.15) is 0 Å². The Kier molecular flexibility index (Phi) is 7.36. The van der Waals surface area contributed by atoms with Gasteiger partial charge in [0.25, 0.3) is 0 Å². The summed E-state index contributed by atoms with van der Waals surface area (Å²) in [5.41, 5.74) is 1.28. The minimum absolute atomic E-state index is 0.550. The Hall–Kier alpha value is -0.240. The Balaban J connectivity index is 1.86. The van der Waals surface area contributed by atoms with Crippen molar-refractivity contribution in [3.8, 4) is 0 Å². The summed E-state index contributed by atoms with van der Waals surface area (Å²) in [6.07, 6.45) is 10.8. The Bertz CT molecular complexity index is 427. The van der Waals surface area contributed by atoms with Crippen LogP contribution in [-0.2, 0) is 6.42 Å². The zero-order valence-electron chi connectivity index (χ0n) is 13.0. The molecule has 0 spiro atoms. The van der Waals surface area contributed by atoms with Crippen LogP contribution in [0.3, 0.4) is 0 Å². The number of halogens is 2. The summed E-state index contributed by atoms with van der Waals surface area (Å²) in [5, 5.41) is 4.93. The molecule has 1 aromatic carbocycles. The van der Waals surface area contributed by atoms with Gasteiger partial charge in [0, 0.05) is 6.04 Å². The SMILES string of the molecule is CCNC(CCC1CCCCC1)Cc1ccc(Cl)c(Cl)c1. The van der Waals surface area contributed by atoms with Crippen molar-refractivity contribution < 1.29 is 0 Å². The van der Waals surface area contributed by atoms with Gasteiger partial charge in [0.2, 0.25) is 0 Å². The quantitative estimate of drug-likeness (QED) is 0.659. The summed E-state index contributed by atoms with van der Waals surface area (Å²) >= 11 is 12.1. The maximum Gasteiger partial charge on any atom is 0.0595 e. The molecule has 1 unspecified atom stereocenters. The average molecular weight is 328 g/mol. The summed E-state index contributed by atoms with van der Waals surface area (Å²) in [6, 6.07) is 6.56. The molecule has 0 saturated heterocycles. The normalized spacial score (nSPS) is 17.9. The molecule has 0 amide bonds. The van der Waals surface area contributed by atoms with Crippen molar-refractivity contribution in [2.45, 2.75) is 64.3 Å². The van der Waals surface area contributed by atoms with Crippen molar-refractivity contribution in [1.82, 2.24) is 5.32 Å². The minimum Gasteiger partial charge on any atom is -0.314 e. The van der Waals surface area contributed by atoms with Gasteiger partial charge in [-0.2, -0.15) is 0 Å². The summed E-state index contributed by atoms with van der Waals surface area (Å²) < 4.78 is 0.